The predicted molar refractivity (Wildman–Crippen MR) is 151 cm³/mol. The Balaban J connectivity index is 1.66. The first-order chi connectivity index (χ1) is 19.3. The molecule has 0 bridgehead atoms. The van der Waals surface area contributed by atoms with E-state index in [-0.39, 0.29) is 10.8 Å². The topological polar surface area (TPSA) is 126 Å². The summed E-state index contributed by atoms with van der Waals surface area (Å²) in [5, 5.41) is 21.1. The fraction of sp³-hybridized carbons (Fsp3) is 0.290. The average molecular weight is 555 g/mol. The van der Waals surface area contributed by atoms with E-state index in [2.05, 4.69) is 16.0 Å². The first-order valence-corrected chi connectivity index (χ1v) is 14.9. The third kappa shape index (κ3) is 5.15. The Hall–Kier alpha value is -4.29. The van der Waals surface area contributed by atoms with Gasteiger partial charge in [0, 0.05) is 23.9 Å². The number of sulfone groups is 1. The number of nitriles is 1. The van der Waals surface area contributed by atoms with E-state index in [4.69, 9.17) is 0 Å². The van der Waals surface area contributed by atoms with Crippen LogP contribution in [0.25, 0.3) is 11.1 Å². The number of pyridine rings is 1. The maximum absolute atomic E-state index is 13.8. The number of aryl methyl sites for hydroxylation is 2. The van der Waals surface area contributed by atoms with Gasteiger partial charge in [-0.1, -0.05) is 43.7 Å². The highest BCUT2D eigenvalue weighted by atomic mass is 32.2. The van der Waals surface area contributed by atoms with Gasteiger partial charge in [0.1, 0.15) is 5.82 Å². The molecule has 9 heteroatoms. The van der Waals surface area contributed by atoms with E-state index < -0.39 is 32.2 Å². The Morgan fingerprint density at radius 2 is 1.88 bits per heavy atom. The molecule has 8 nitrogen and oxygen atoms in total. The van der Waals surface area contributed by atoms with Gasteiger partial charge >= 0.3 is 0 Å². The van der Waals surface area contributed by atoms with Crippen molar-refractivity contribution in [1.29, 1.82) is 5.26 Å². The van der Waals surface area contributed by atoms with E-state index in [0.29, 0.717) is 24.2 Å². The molecule has 2 aromatic carbocycles. The van der Waals surface area contributed by atoms with Gasteiger partial charge in [-0.15, -0.1) is 0 Å². The summed E-state index contributed by atoms with van der Waals surface area (Å²) in [5.41, 5.74) is 2.70. The lowest BCUT2D eigenvalue weighted by atomic mass is 9.99. The third-order valence-corrected chi connectivity index (χ3v) is 9.13. The third-order valence-electron chi connectivity index (χ3n) is 7.34. The van der Waals surface area contributed by atoms with Crippen molar-refractivity contribution >= 4 is 9.84 Å². The van der Waals surface area contributed by atoms with Gasteiger partial charge in [-0.05, 0) is 73.6 Å². The van der Waals surface area contributed by atoms with Gasteiger partial charge in [-0.3, -0.25) is 14.3 Å². The van der Waals surface area contributed by atoms with Gasteiger partial charge in [-0.2, -0.15) is 10.2 Å². The molecule has 4 aromatic rings. The molecule has 0 saturated heterocycles. The smallest absolute Gasteiger partial charge is 0.296 e. The molecule has 1 N–H and O–H groups in total. The minimum Gasteiger partial charge on any atom is -0.493 e. The minimum absolute atomic E-state index is 0.113. The standard InChI is InChI=1S/C31H30N4O4S/c1-3-4-10-27-34-30(36)29(31(37)35(27)28(23-11-12-23)24-8-5-7-21(18-24)19-32)40(38,39)25-15-13-22(14-16-25)26-9-6-17-33-20(26)2/h5-9,13-18,23,28,37H,3-4,10-12H2,1-2H3. The number of nitrogens with zero attached hydrogens (tertiary/aromatic N) is 4. The van der Waals surface area contributed by atoms with Gasteiger partial charge < -0.3 is 5.11 Å². The largest absolute Gasteiger partial charge is 0.493 e. The molecule has 1 atom stereocenters. The zero-order chi connectivity index (χ0) is 28.4. The number of unbranched alkanes of at least 4 members (excludes halogenated alkanes) is 1. The van der Waals surface area contributed by atoms with E-state index in [1.807, 2.05) is 32.0 Å². The predicted octanol–water partition coefficient (Wildman–Crippen LogP) is 5.37. The zero-order valence-corrected chi connectivity index (χ0v) is 23.2. The van der Waals surface area contributed by atoms with Crippen LogP contribution in [0.3, 0.4) is 0 Å². The molecule has 1 aliphatic carbocycles. The van der Waals surface area contributed by atoms with E-state index in [9.17, 15) is 23.6 Å². The van der Waals surface area contributed by atoms with Crippen LogP contribution < -0.4 is 5.56 Å². The van der Waals surface area contributed by atoms with E-state index in [0.717, 1.165) is 41.6 Å². The van der Waals surface area contributed by atoms with Crippen LogP contribution in [0.5, 0.6) is 5.88 Å². The minimum atomic E-state index is -4.42. The van der Waals surface area contributed by atoms with Crippen LogP contribution in [-0.2, 0) is 16.3 Å². The highest BCUT2D eigenvalue weighted by molar-refractivity contribution is 7.91. The SMILES string of the molecule is CCCCc1nc(=O)c(S(=O)(=O)c2ccc(-c3cccnc3C)cc2)c(O)n1C(c1cccc(C#N)c1)C1CC1. The molecule has 1 unspecified atom stereocenters. The second kappa shape index (κ2) is 11.1. The molecule has 0 amide bonds. The van der Waals surface area contributed by atoms with Gasteiger partial charge in [-0.25, -0.2) is 8.42 Å². The van der Waals surface area contributed by atoms with Crippen LogP contribution in [-0.4, -0.2) is 28.1 Å². The molecule has 0 radical (unpaired) electrons. The fourth-order valence-electron chi connectivity index (χ4n) is 5.14. The van der Waals surface area contributed by atoms with Gasteiger partial charge in [0.25, 0.3) is 5.56 Å². The van der Waals surface area contributed by atoms with Crippen molar-refractivity contribution < 1.29 is 13.5 Å². The number of aromatic nitrogens is 3. The van der Waals surface area contributed by atoms with Crippen molar-refractivity contribution in [2.75, 3.05) is 0 Å². The van der Waals surface area contributed by atoms with Crippen molar-refractivity contribution in [3.63, 3.8) is 0 Å². The van der Waals surface area contributed by atoms with Crippen LogP contribution in [0.1, 0.15) is 61.3 Å². The van der Waals surface area contributed by atoms with Gasteiger partial charge in [0.05, 0.1) is 22.6 Å². The van der Waals surface area contributed by atoms with Crippen molar-refractivity contribution in [2.24, 2.45) is 5.92 Å². The second-order valence-electron chi connectivity index (χ2n) is 10.1. The number of aromatic hydroxyl groups is 1. The number of rotatable bonds is 9. The zero-order valence-electron chi connectivity index (χ0n) is 22.4. The molecule has 1 saturated carbocycles. The Labute approximate surface area is 233 Å². The van der Waals surface area contributed by atoms with Crippen LogP contribution in [0.2, 0.25) is 0 Å². The molecule has 5 rings (SSSR count). The van der Waals surface area contributed by atoms with E-state index >= 15 is 0 Å². The maximum atomic E-state index is 13.8. The summed E-state index contributed by atoms with van der Waals surface area (Å²) in [7, 11) is -4.42. The maximum Gasteiger partial charge on any atom is 0.296 e. The lowest BCUT2D eigenvalue weighted by molar-refractivity contribution is 0.348. The molecule has 2 heterocycles. The van der Waals surface area contributed by atoms with Crippen molar-refractivity contribution in [3.05, 3.63) is 99.9 Å². The summed E-state index contributed by atoms with van der Waals surface area (Å²) in [4.78, 5) is 20.9. The Kier molecular flexibility index (Phi) is 7.55. The van der Waals surface area contributed by atoms with Crippen LogP contribution in [0.4, 0.5) is 0 Å². The molecule has 1 fully saturated rings. The lowest BCUT2D eigenvalue weighted by Gasteiger charge is -2.26. The highest BCUT2D eigenvalue weighted by Gasteiger charge is 2.39. The first-order valence-electron chi connectivity index (χ1n) is 13.4. The second-order valence-corrected chi connectivity index (χ2v) is 12.0. The quantitative estimate of drug-likeness (QED) is 0.295. The molecule has 40 heavy (non-hydrogen) atoms. The normalized spacial score (nSPS) is 14.0. The average Bonchev–Trinajstić information content (AvgIpc) is 3.79. The van der Waals surface area contributed by atoms with Crippen molar-refractivity contribution in [3.8, 4) is 23.1 Å². The van der Waals surface area contributed by atoms with Crippen LogP contribution >= 0.6 is 0 Å². The molecule has 1 aliphatic rings. The van der Waals surface area contributed by atoms with E-state index in [1.54, 1.807) is 36.5 Å². The van der Waals surface area contributed by atoms with Crippen molar-refractivity contribution in [1.82, 2.24) is 14.5 Å². The summed E-state index contributed by atoms with van der Waals surface area (Å²) in [6.45, 7) is 3.88. The molecule has 0 aliphatic heterocycles. The molecule has 204 valence electrons. The Morgan fingerprint density at radius 3 is 2.52 bits per heavy atom. The first kappa shape index (κ1) is 27.3. The summed E-state index contributed by atoms with van der Waals surface area (Å²) in [6.07, 6.45) is 5.38. The van der Waals surface area contributed by atoms with Crippen LogP contribution in [0, 0.1) is 24.2 Å². The highest BCUT2D eigenvalue weighted by Crippen LogP contribution is 2.46. The summed E-state index contributed by atoms with van der Waals surface area (Å²) >= 11 is 0. The Morgan fingerprint density at radius 1 is 1.12 bits per heavy atom. The molecule has 2 aromatic heterocycles. The summed E-state index contributed by atoms with van der Waals surface area (Å²) < 4.78 is 29.2. The van der Waals surface area contributed by atoms with Crippen LogP contribution in [0.15, 0.2) is 81.4 Å². The molecular weight excluding hydrogens is 524 g/mol. The molecule has 0 spiro atoms. The van der Waals surface area contributed by atoms with Gasteiger partial charge in [0.2, 0.25) is 15.7 Å². The summed E-state index contributed by atoms with van der Waals surface area (Å²) in [6, 6.07) is 18.6. The lowest BCUT2D eigenvalue weighted by Crippen LogP contribution is -2.28. The number of benzene rings is 2. The summed E-state index contributed by atoms with van der Waals surface area (Å²) in [5.74, 6) is -0.162. The van der Waals surface area contributed by atoms with Gasteiger partial charge in [0.15, 0.2) is 4.90 Å². The fourth-order valence-corrected chi connectivity index (χ4v) is 6.49. The number of hydrogen-bond donors (Lipinski definition) is 1. The molecular formula is C31H30N4O4S. The number of hydrogen-bond acceptors (Lipinski definition) is 7. The monoisotopic (exact) mass is 554 g/mol. The Bertz CT molecular complexity index is 1770. The van der Waals surface area contributed by atoms with E-state index in [1.165, 1.54) is 16.7 Å². The van der Waals surface area contributed by atoms with Crippen molar-refractivity contribution in [2.45, 2.75) is 61.8 Å².